The number of sulfonamides is 1. The highest BCUT2D eigenvalue weighted by Crippen LogP contribution is 2.34. The standard InChI is InChI=1S/C19H18N2O3S2/c1-14-13-17(24-20-14)18-7-8-19(25-18)26(22,23)21-11-9-16(10-12-21)15-5-3-2-4-6-15/h2-9,13H,10-12H2,1H3. The number of hydrogen-bond acceptors (Lipinski definition) is 5. The third kappa shape index (κ3) is 3.25. The van der Waals surface area contributed by atoms with Crippen molar-refractivity contribution in [1.82, 2.24) is 9.46 Å². The van der Waals surface area contributed by atoms with Gasteiger partial charge in [-0.25, -0.2) is 8.42 Å². The van der Waals surface area contributed by atoms with E-state index in [1.807, 2.05) is 31.2 Å². The smallest absolute Gasteiger partial charge is 0.252 e. The molecule has 0 atom stereocenters. The lowest BCUT2D eigenvalue weighted by molar-refractivity contribution is 0.428. The maximum absolute atomic E-state index is 12.9. The fraction of sp³-hybridized carbons (Fsp3) is 0.211. The Hall–Kier alpha value is -2.22. The zero-order valence-electron chi connectivity index (χ0n) is 14.3. The molecular weight excluding hydrogens is 368 g/mol. The predicted molar refractivity (Wildman–Crippen MR) is 102 cm³/mol. The fourth-order valence-electron chi connectivity index (χ4n) is 2.98. The van der Waals surface area contributed by atoms with Crippen molar-refractivity contribution in [3.63, 3.8) is 0 Å². The molecule has 1 aromatic carbocycles. The van der Waals surface area contributed by atoms with Gasteiger partial charge in [0.25, 0.3) is 10.0 Å². The van der Waals surface area contributed by atoms with Gasteiger partial charge in [-0.2, -0.15) is 4.31 Å². The van der Waals surface area contributed by atoms with E-state index in [1.165, 1.54) is 21.2 Å². The molecule has 0 aliphatic carbocycles. The molecule has 134 valence electrons. The van der Waals surface area contributed by atoms with Crippen LogP contribution in [0.3, 0.4) is 0 Å². The molecule has 26 heavy (non-hydrogen) atoms. The Kier molecular flexibility index (Phi) is 4.52. The highest BCUT2D eigenvalue weighted by molar-refractivity contribution is 7.91. The SMILES string of the molecule is Cc1cc(-c2ccc(S(=O)(=O)N3CC=C(c4ccccc4)CC3)s2)on1. The molecule has 0 radical (unpaired) electrons. The van der Waals surface area contributed by atoms with Crippen LogP contribution >= 0.6 is 11.3 Å². The summed E-state index contributed by atoms with van der Waals surface area (Å²) in [5.74, 6) is 0.596. The minimum absolute atomic E-state index is 0.332. The van der Waals surface area contributed by atoms with E-state index < -0.39 is 10.0 Å². The van der Waals surface area contributed by atoms with Gasteiger partial charge in [-0.3, -0.25) is 0 Å². The van der Waals surface area contributed by atoms with Crippen LogP contribution < -0.4 is 0 Å². The summed E-state index contributed by atoms with van der Waals surface area (Å²) < 4.78 is 33.0. The van der Waals surface area contributed by atoms with Crippen molar-refractivity contribution in [2.45, 2.75) is 17.6 Å². The Morgan fingerprint density at radius 2 is 1.96 bits per heavy atom. The second-order valence-electron chi connectivity index (χ2n) is 6.16. The summed E-state index contributed by atoms with van der Waals surface area (Å²) in [6.07, 6.45) is 2.72. The Morgan fingerprint density at radius 3 is 2.62 bits per heavy atom. The van der Waals surface area contributed by atoms with E-state index in [0.29, 0.717) is 29.5 Å². The lowest BCUT2D eigenvalue weighted by Crippen LogP contribution is -2.34. The molecule has 0 fully saturated rings. The van der Waals surface area contributed by atoms with Crippen molar-refractivity contribution >= 4 is 26.9 Å². The summed E-state index contributed by atoms with van der Waals surface area (Å²) >= 11 is 1.21. The molecular formula is C19H18N2O3S2. The van der Waals surface area contributed by atoms with Crippen LogP contribution in [0, 0.1) is 6.92 Å². The Balaban J connectivity index is 1.55. The second kappa shape index (κ2) is 6.83. The topological polar surface area (TPSA) is 63.4 Å². The van der Waals surface area contributed by atoms with E-state index in [2.05, 4.69) is 17.3 Å². The third-order valence-electron chi connectivity index (χ3n) is 4.36. The summed E-state index contributed by atoms with van der Waals surface area (Å²) in [7, 11) is -3.50. The summed E-state index contributed by atoms with van der Waals surface area (Å²) in [6, 6.07) is 15.3. The normalized spacial score (nSPS) is 15.8. The van der Waals surface area contributed by atoms with Gasteiger partial charge in [0, 0.05) is 19.2 Å². The molecule has 0 bridgehead atoms. The summed E-state index contributed by atoms with van der Waals surface area (Å²) in [4.78, 5) is 0.765. The summed E-state index contributed by atoms with van der Waals surface area (Å²) in [6.45, 7) is 2.71. The van der Waals surface area contributed by atoms with E-state index in [1.54, 1.807) is 18.2 Å². The van der Waals surface area contributed by atoms with Crippen LogP contribution in [-0.4, -0.2) is 31.0 Å². The summed E-state index contributed by atoms with van der Waals surface area (Å²) in [5.41, 5.74) is 3.12. The van der Waals surface area contributed by atoms with Crippen LogP contribution in [0.1, 0.15) is 17.7 Å². The maximum atomic E-state index is 12.9. The monoisotopic (exact) mass is 386 g/mol. The molecule has 4 rings (SSSR count). The van der Waals surface area contributed by atoms with Crippen molar-refractivity contribution in [3.05, 3.63) is 65.9 Å². The highest BCUT2D eigenvalue weighted by atomic mass is 32.2. The highest BCUT2D eigenvalue weighted by Gasteiger charge is 2.28. The van der Waals surface area contributed by atoms with Gasteiger partial charge in [0.1, 0.15) is 4.21 Å². The molecule has 0 unspecified atom stereocenters. The Bertz CT molecular complexity index is 1050. The van der Waals surface area contributed by atoms with Gasteiger partial charge in [-0.05, 0) is 36.6 Å². The molecule has 7 heteroatoms. The van der Waals surface area contributed by atoms with Crippen molar-refractivity contribution in [3.8, 4) is 10.6 Å². The van der Waals surface area contributed by atoms with Gasteiger partial charge >= 0.3 is 0 Å². The Labute approximate surface area is 156 Å². The number of rotatable bonds is 4. The van der Waals surface area contributed by atoms with Crippen LogP contribution in [0.15, 0.2) is 63.3 Å². The van der Waals surface area contributed by atoms with Crippen LogP contribution in [-0.2, 0) is 10.0 Å². The Morgan fingerprint density at radius 1 is 1.15 bits per heavy atom. The molecule has 0 amide bonds. The van der Waals surface area contributed by atoms with Gasteiger partial charge in [0.05, 0.1) is 10.6 Å². The van der Waals surface area contributed by atoms with Gasteiger partial charge in [-0.1, -0.05) is 41.6 Å². The number of aromatic nitrogens is 1. The molecule has 3 heterocycles. The number of benzene rings is 1. The van der Waals surface area contributed by atoms with Gasteiger partial charge in [0.15, 0.2) is 5.76 Å². The fourth-order valence-corrected chi connectivity index (χ4v) is 5.77. The molecule has 0 saturated heterocycles. The van der Waals surface area contributed by atoms with Crippen LogP contribution in [0.25, 0.3) is 16.2 Å². The van der Waals surface area contributed by atoms with Gasteiger partial charge in [0.2, 0.25) is 0 Å². The van der Waals surface area contributed by atoms with Crippen LogP contribution in [0.4, 0.5) is 0 Å². The third-order valence-corrected chi connectivity index (χ3v) is 7.80. The first-order chi connectivity index (χ1) is 12.5. The second-order valence-corrected chi connectivity index (χ2v) is 9.41. The van der Waals surface area contributed by atoms with Crippen LogP contribution in [0.2, 0.25) is 0 Å². The average Bonchev–Trinajstić information content (AvgIpc) is 3.32. The van der Waals surface area contributed by atoms with Crippen molar-refractivity contribution < 1.29 is 12.9 Å². The minimum Gasteiger partial charge on any atom is -0.355 e. The molecule has 0 N–H and O–H groups in total. The van der Waals surface area contributed by atoms with Gasteiger partial charge < -0.3 is 4.52 Å². The molecule has 1 aliphatic rings. The van der Waals surface area contributed by atoms with E-state index in [4.69, 9.17) is 4.52 Å². The van der Waals surface area contributed by atoms with Crippen LogP contribution in [0.5, 0.6) is 0 Å². The lowest BCUT2D eigenvalue weighted by Gasteiger charge is -2.25. The average molecular weight is 386 g/mol. The van der Waals surface area contributed by atoms with E-state index in [0.717, 1.165) is 16.1 Å². The maximum Gasteiger partial charge on any atom is 0.252 e. The van der Waals surface area contributed by atoms with Crippen molar-refractivity contribution in [2.24, 2.45) is 0 Å². The van der Waals surface area contributed by atoms with Gasteiger partial charge in [-0.15, -0.1) is 11.3 Å². The first-order valence-electron chi connectivity index (χ1n) is 8.32. The first kappa shape index (κ1) is 17.2. The summed E-state index contributed by atoms with van der Waals surface area (Å²) in [5, 5.41) is 3.86. The largest absolute Gasteiger partial charge is 0.355 e. The number of nitrogens with zero attached hydrogens (tertiary/aromatic N) is 2. The first-order valence-corrected chi connectivity index (χ1v) is 10.6. The van der Waals surface area contributed by atoms with E-state index in [9.17, 15) is 8.42 Å². The molecule has 5 nitrogen and oxygen atoms in total. The quantitative estimate of drug-likeness (QED) is 0.674. The zero-order valence-corrected chi connectivity index (χ0v) is 15.9. The number of thiophene rings is 1. The minimum atomic E-state index is -3.50. The number of aryl methyl sites for hydroxylation is 1. The molecule has 2 aromatic heterocycles. The van der Waals surface area contributed by atoms with E-state index >= 15 is 0 Å². The molecule has 0 spiro atoms. The van der Waals surface area contributed by atoms with E-state index in [-0.39, 0.29) is 0 Å². The molecule has 0 saturated carbocycles. The number of hydrogen-bond donors (Lipinski definition) is 0. The van der Waals surface area contributed by atoms with Crippen molar-refractivity contribution in [2.75, 3.05) is 13.1 Å². The van der Waals surface area contributed by atoms with Crippen molar-refractivity contribution in [1.29, 1.82) is 0 Å². The lowest BCUT2D eigenvalue weighted by atomic mass is 10.0. The zero-order chi connectivity index (χ0) is 18.1. The molecule has 1 aliphatic heterocycles. The molecule has 3 aromatic rings. The predicted octanol–water partition coefficient (Wildman–Crippen LogP) is 4.19.